The topological polar surface area (TPSA) is 234 Å². The minimum Gasteiger partial charge on any atom is -0.504 e. The molecule has 6 heterocycles. The fourth-order valence-electron chi connectivity index (χ4n) is 20.7. The second-order valence-corrected chi connectivity index (χ2v) is 43.0. The molecule has 0 saturated carbocycles. The van der Waals surface area contributed by atoms with Crippen molar-refractivity contribution in [3.8, 4) is 57.5 Å². The summed E-state index contributed by atoms with van der Waals surface area (Å²) < 4.78 is 10.9. The van der Waals surface area contributed by atoms with Crippen LogP contribution in [0.25, 0.3) is 0 Å². The van der Waals surface area contributed by atoms with E-state index in [0.717, 1.165) is 231 Å². The average Bonchev–Trinajstić information content (AvgIpc) is 0.841. The summed E-state index contributed by atoms with van der Waals surface area (Å²) in [6.07, 6.45) is 20.1. The van der Waals surface area contributed by atoms with E-state index in [1.807, 2.05) is 21.9 Å². The molecule has 12 aromatic rings. The van der Waals surface area contributed by atoms with E-state index in [9.17, 15) is 50.4 Å². The summed E-state index contributed by atoms with van der Waals surface area (Å²) in [7, 11) is 3.44. The quantitative estimate of drug-likeness (QED) is 0.0177. The summed E-state index contributed by atoms with van der Waals surface area (Å²) in [4.78, 5) is 42.0. The fourth-order valence-corrected chi connectivity index (χ4v) is 22.0. The number of amides is 2. The number of hydrogen-bond donors (Lipinski definition) is 8. The van der Waals surface area contributed by atoms with Crippen LogP contribution in [0, 0.1) is 53.4 Å². The lowest BCUT2D eigenvalue weighted by Crippen LogP contribution is -2.41. The summed E-state index contributed by atoms with van der Waals surface area (Å²) in [6, 6.07) is 77.7. The second kappa shape index (κ2) is 54.4. The van der Waals surface area contributed by atoms with Crippen LogP contribution in [-0.2, 0) is 113 Å². The number of benzene rings is 12. The average molecular weight is 2070 g/mol. The van der Waals surface area contributed by atoms with Gasteiger partial charge < -0.3 is 79.7 Å². The number of phenols is 8. The van der Waals surface area contributed by atoms with Crippen LogP contribution in [0.15, 0.2) is 231 Å². The van der Waals surface area contributed by atoms with Crippen LogP contribution < -0.4 is 9.47 Å². The molecular weight excluding hydrogens is 1920 g/mol. The molecule has 780 valence electrons. The van der Waals surface area contributed by atoms with Crippen LogP contribution in [-0.4, -0.2) is 149 Å². The minimum absolute atomic E-state index is 0.0369. The Balaban J connectivity index is 0.000000148. The molecule has 22 heteroatoms. The predicted molar refractivity (Wildman–Crippen MR) is 613 cm³/mol. The third kappa shape index (κ3) is 31.6. The Hall–Kier alpha value is -12.9. The summed E-state index contributed by atoms with van der Waals surface area (Å²) in [6.45, 7) is 29.1. The molecule has 12 aromatic carbocycles. The van der Waals surface area contributed by atoms with Crippen molar-refractivity contribution in [3.63, 3.8) is 0 Å². The molecule has 0 fully saturated rings. The number of methoxy groups -OCH3 is 2. The first-order valence-electron chi connectivity index (χ1n) is 52.6. The van der Waals surface area contributed by atoms with E-state index in [1.165, 1.54) is 89.0 Å². The van der Waals surface area contributed by atoms with Crippen molar-refractivity contribution in [3.05, 3.63) is 364 Å². The lowest BCUT2D eigenvalue weighted by atomic mass is 9.85. The monoisotopic (exact) mass is 2070 g/mol. The molecule has 18 nitrogen and oxygen atoms in total. The van der Waals surface area contributed by atoms with Crippen LogP contribution in [0.1, 0.15) is 244 Å². The number of rotatable bonds is 27. The molecule has 18 rings (SSSR count). The molecule has 0 aliphatic carbocycles. The van der Waals surface area contributed by atoms with Gasteiger partial charge in [-0.2, -0.15) is 0 Å². The van der Waals surface area contributed by atoms with Gasteiger partial charge in [0.25, 0.3) is 0 Å². The molecule has 0 aromatic heterocycles. The standard InChI is InChI=1S/C22H27NO2S.C22H27NO2.C22H27NOS.C21H25NO2S.C20H23NO3.C19H21NO2S/c1-15(2)22-18-14-20(25)19(24)13-17(18)11-12-23(22)21(26)10-6-9-16-7-4-3-5-8-16;1-16-7-9-18(10-8-16)5-4-6-22(24)23-12-11-19-13-17(2)21(25-3)14-20(19)15-23;1-16-7-9-18(10-8-16)5-4-6-22(25)23-12-11-19-13-17(2)21(24-3)14-20(19)15-23;1-14(2)21-17-13-19(24)18(23)12-16(17)10-11-22(21)20(25)9-8-15-6-4-3-5-7-15;1-14-5-7-15(8-6-14)3-2-4-20(24)21-10-9-16-11-18(22)19(23)12-17(16)13-21;1-13-5-7-14(8-6-13)3-2-4-19(23)20-11-15-9-17(21)18(22)10-16(15)12-20/h3-5,7-8,13-15,22,24-25H,6,9-12H2,1-2H3;2*7-10,13-14H,4-6,11-12,15H2,1-3H3;3-7,12-14,21,23-24H,8-11H2,1-2H3;5-8,11-12,22-23H,2-4,9-10,13H2,1H3;5-10,21-22H,2-4,11-12H2,1H3. The number of aryl methyl sites for hydroxylation is 12. The van der Waals surface area contributed by atoms with Gasteiger partial charge in [0.15, 0.2) is 46.0 Å². The van der Waals surface area contributed by atoms with E-state index in [1.54, 1.807) is 62.8 Å². The molecule has 0 saturated heterocycles. The summed E-state index contributed by atoms with van der Waals surface area (Å²) >= 11 is 22.8. The van der Waals surface area contributed by atoms with Crippen LogP contribution in [0.3, 0.4) is 0 Å². The number of aromatic hydroxyl groups is 8. The van der Waals surface area contributed by atoms with Gasteiger partial charge in [-0.15, -0.1) is 0 Å². The molecule has 2 atom stereocenters. The summed E-state index contributed by atoms with van der Waals surface area (Å²) in [5, 5.41) is 77.9. The van der Waals surface area contributed by atoms with Crippen molar-refractivity contribution in [1.82, 2.24) is 29.4 Å². The molecular formula is C126H150N6O12S4. The highest BCUT2D eigenvalue weighted by molar-refractivity contribution is 7.80. The van der Waals surface area contributed by atoms with Gasteiger partial charge >= 0.3 is 0 Å². The first-order chi connectivity index (χ1) is 71.1. The molecule has 2 amide bonds. The van der Waals surface area contributed by atoms with Gasteiger partial charge in [0, 0.05) is 84.7 Å². The van der Waals surface area contributed by atoms with Crippen molar-refractivity contribution >= 4 is 80.6 Å². The first kappa shape index (κ1) is 112. The van der Waals surface area contributed by atoms with E-state index in [2.05, 4.69) is 259 Å². The fraction of sp³-hybridized carbons (Fsp3) is 0.381. The highest BCUT2D eigenvalue weighted by atomic mass is 32.1. The molecule has 0 radical (unpaired) electrons. The zero-order chi connectivity index (χ0) is 106. The number of nitrogens with zero attached hydrogens (tertiary/aromatic N) is 6. The number of fused-ring (bicyclic) bond motifs is 6. The van der Waals surface area contributed by atoms with Crippen molar-refractivity contribution in [1.29, 1.82) is 0 Å². The Morgan fingerprint density at radius 1 is 0.284 bits per heavy atom. The van der Waals surface area contributed by atoms with Crippen LogP contribution >= 0.6 is 48.9 Å². The van der Waals surface area contributed by atoms with Crippen molar-refractivity contribution in [2.45, 2.75) is 255 Å². The molecule has 8 N–H and O–H groups in total. The Kier molecular flexibility index (Phi) is 41.3. The van der Waals surface area contributed by atoms with Gasteiger partial charge in [0.05, 0.1) is 46.3 Å². The van der Waals surface area contributed by atoms with Crippen LogP contribution in [0.5, 0.6) is 57.5 Å². The Bertz CT molecular complexity index is 6360. The molecule has 148 heavy (non-hydrogen) atoms. The van der Waals surface area contributed by atoms with Crippen molar-refractivity contribution < 1.29 is 59.9 Å². The zero-order valence-electron chi connectivity index (χ0n) is 88.4. The summed E-state index contributed by atoms with van der Waals surface area (Å²) in [5.74, 6) is 2.51. The maximum Gasteiger partial charge on any atom is 0.222 e. The van der Waals surface area contributed by atoms with Crippen LogP contribution in [0.2, 0.25) is 0 Å². The van der Waals surface area contributed by atoms with Gasteiger partial charge in [0.2, 0.25) is 11.8 Å². The normalized spacial score (nSPS) is 14.6. The zero-order valence-corrected chi connectivity index (χ0v) is 91.7. The smallest absolute Gasteiger partial charge is 0.222 e. The van der Waals surface area contributed by atoms with Gasteiger partial charge in [-0.3, -0.25) is 9.59 Å². The highest BCUT2D eigenvalue weighted by Crippen LogP contribution is 2.45. The summed E-state index contributed by atoms with van der Waals surface area (Å²) in [5.41, 5.74) is 29.2. The molecule has 6 aliphatic heterocycles. The van der Waals surface area contributed by atoms with E-state index < -0.39 is 0 Å². The van der Waals surface area contributed by atoms with Crippen LogP contribution in [0.4, 0.5) is 0 Å². The minimum atomic E-state index is -0.123. The largest absolute Gasteiger partial charge is 0.504 e. The second-order valence-electron chi connectivity index (χ2n) is 41.2. The van der Waals surface area contributed by atoms with Gasteiger partial charge in [-0.25, -0.2) is 0 Å². The van der Waals surface area contributed by atoms with Gasteiger partial charge in [0.1, 0.15) is 11.5 Å². The Morgan fingerprint density at radius 3 is 0.892 bits per heavy atom. The van der Waals surface area contributed by atoms with Gasteiger partial charge in [-0.1, -0.05) is 269 Å². The van der Waals surface area contributed by atoms with E-state index in [4.69, 9.17) is 58.3 Å². The number of hydrogen-bond acceptors (Lipinski definition) is 16. The van der Waals surface area contributed by atoms with E-state index >= 15 is 0 Å². The van der Waals surface area contributed by atoms with Crippen molar-refractivity contribution in [2.75, 3.05) is 46.9 Å². The number of thiocarbonyl (C=S) groups is 4. The van der Waals surface area contributed by atoms with E-state index in [0.29, 0.717) is 63.8 Å². The third-order valence-electron chi connectivity index (χ3n) is 29.2. The molecule has 2 unspecified atom stereocenters. The maximum absolute atomic E-state index is 12.6. The predicted octanol–water partition coefficient (Wildman–Crippen LogP) is 26.2. The van der Waals surface area contributed by atoms with E-state index in [-0.39, 0.29) is 69.9 Å². The lowest BCUT2D eigenvalue weighted by molar-refractivity contribution is -0.133. The van der Waals surface area contributed by atoms with Crippen molar-refractivity contribution in [2.24, 2.45) is 11.8 Å². The lowest BCUT2D eigenvalue weighted by Gasteiger charge is -2.41. The first-order valence-corrected chi connectivity index (χ1v) is 54.3. The molecule has 0 spiro atoms. The third-order valence-corrected chi connectivity index (χ3v) is 31.0. The Labute approximate surface area is 899 Å². The Morgan fingerprint density at radius 2 is 0.541 bits per heavy atom. The SMILES string of the molecule is CC(C)C1c2cc(O)c(O)cc2CCN1C(=S)CCCc1ccccc1.CC(C)C1c2cc(O)c(O)cc2CCN1C(=S)CCc1ccccc1.COc1cc2c(cc1C)CCN(C(=O)CCCc1ccc(C)cc1)C2.COc1cc2c(cc1C)CCN(C(=S)CCCc1ccc(C)cc1)C2.Cc1ccc(CCCC(=O)N2CCc3cc(O)c(O)cc3C2)cc1.Cc1ccc(CCCC(=S)N2Cc3cc(O)c(O)cc3C2)cc1. The number of phenolic OH excluding ortho intramolecular Hbond substituents is 8. The number of carbonyl (C=O) groups is 2. The molecule has 0 bridgehead atoms. The number of ether oxygens (including phenoxy) is 2. The number of carbonyl (C=O) groups excluding carboxylic acids is 2. The molecule has 6 aliphatic rings. The highest BCUT2D eigenvalue weighted by Gasteiger charge is 2.36. The maximum atomic E-state index is 12.6. The van der Waals surface area contributed by atoms with Gasteiger partial charge in [-0.05, 0) is 347 Å².